The van der Waals surface area contributed by atoms with Gasteiger partial charge in [0.05, 0.1) is 35.6 Å². The Labute approximate surface area is 165 Å². The van der Waals surface area contributed by atoms with Crippen LogP contribution in [0.4, 0.5) is 5.82 Å². The molecule has 1 aliphatic rings. The molecule has 2 aromatic carbocycles. The van der Waals surface area contributed by atoms with E-state index in [1.807, 2.05) is 24.3 Å². The van der Waals surface area contributed by atoms with Gasteiger partial charge in [0, 0.05) is 11.1 Å². The largest absolute Gasteiger partial charge is 0.496 e. The van der Waals surface area contributed by atoms with Gasteiger partial charge in [-0.3, -0.25) is 4.79 Å². The summed E-state index contributed by atoms with van der Waals surface area (Å²) in [6.45, 7) is 0. The van der Waals surface area contributed by atoms with E-state index in [0.29, 0.717) is 17.3 Å². The van der Waals surface area contributed by atoms with Gasteiger partial charge in [-0.2, -0.15) is 5.10 Å². The van der Waals surface area contributed by atoms with Gasteiger partial charge in [0.15, 0.2) is 0 Å². The molecule has 0 bridgehead atoms. The molecule has 0 saturated carbocycles. The molecule has 0 radical (unpaired) electrons. The Morgan fingerprint density at radius 1 is 1.21 bits per heavy atom. The van der Waals surface area contributed by atoms with E-state index >= 15 is 0 Å². The van der Waals surface area contributed by atoms with Gasteiger partial charge < -0.3 is 15.2 Å². The van der Waals surface area contributed by atoms with Gasteiger partial charge in [-0.15, -0.1) is 11.8 Å². The van der Waals surface area contributed by atoms with E-state index in [-0.39, 0.29) is 16.7 Å². The second kappa shape index (κ2) is 7.40. The van der Waals surface area contributed by atoms with Crippen molar-refractivity contribution < 1.29 is 19.4 Å². The molecular weight excluding hydrogens is 378 g/mol. The number of anilines is 1. The summed E-state index contributed by atoms with van der Waals surface area (Å²) >= 11 is 1.51. The molecule has 8 heteroatoms. The average molecular weight is 395 g/mol. The highest BCUT2D eigenvalue weighted by Gasteiger charge is 2.29. The van der Waals surface area contributed by atoms with E-state index in [9.17, 15) is 9.59 Å². The van der Waals surface area contributed by atoms with Gasteiger partial charge in [-0.25, -0.2) is 9.48 Å². The van der Waals surface area contributed by atoms with Crippen molar-refractivity contribution >= 4 is 29.5 Å². The molecule has 1 aromatic heterocycles. The molecule has 1 unspecified atom stereocenters. The van der Waals surface area contributed by atoms with Gasteiger partial charge in [0.1, 0.15) is 11.6 Å². The van der Waals surface area contributed by atoms with Gasteiger partial charge in [-0.1, -0.05) is 18.2 Å². The van der Waals surface area contributed by atoms with Gasteiger partial charge in [0.25, 0.3) is 0 Å². The third kappa shape index (κ3) is 3.22. The topological polar surface area (TPSA) is 93.5 Å². The second-order valence-corrected chi connectivity index (χ2v) is 7.29. The molecule has 1 aliphatic heterocycles. The molecule has 0 saturated heterocycles. The number of ether oxygens (including phenoxy) is 1. The fourth-order valence-electron chi connectivity index (χ4n) is 3.18. The Balaban J connectivity index is 1.81. The number of carboxylic acid groups (broad SMARTS) is 1. The van der Waals surface area contributed by atoms with Crippen molar-refractivity contribution in [3.63, 3.8) is 0 Å². The Bertz CT molecular complexity index is 1050. The lowest BCUT2D eigenvalue weighted by Crippen LogP contribution is -2.15. The molecule has 0 spiro atoms. The van der Waals surface area contributed by atoms with Crippen LogP contribution in [-0.2, 0) is 4.79 Å². The minimum absolute atomic E-state index is 0.118. The number of carbonyl (C=O) groups is 2. The molecular formula is C20H17N3O4S. The van der Waals surface area contributed by atoms with E-state index in [1.54, 1.807) is 30.1 Å². The Hall–Kier alpha value is -3.26. The molecule has 1 atom stereocenters. The van der Waals surface area contributed by atoms with Crippen LogP contribution in [0.25, 0.3) is 5.69 Å². The zero-order chi connectivity index (χ0) is 19.7. The number of fused-ring (bicyclic) bond motifs is 1. The van der Waals surface area contributed by atoms with E-state index in [4.69, 9.17) is 9.84 Å². The quantitative estimate of drug-likeness (QED) is 0.704. The number of aromatic carboxylic acids is 1. The molecule has 4 rings (SSSR count). The summed E-state index contributed by atoms with van der Waals surface area (Å²) < 4.78 is 7.12. The smallest absolute Gasteiger partial charge is 0.335 e. The van der Waals surface area contributed by atoms with Gasteiger partial charge in [0.2, 0.25) is 5.91 Å². The number of carboxylic acids is 1. The van der Waals surface area contributed by atoms with Crippen LogP contribution in [0.1, 0.15) is 26.7 Å². The number of para-hydroxylation sites is 1. The maximum absolute atomic E-state index is 12.3. The molecule has 142 valence electrons. The fourth-order valence-corrected chi connectivity index (χ4v) is 4.29. The number of hydrogen-bond acceptors (Lipinski definition) is 5. The van der Waals surface area contributed by atoms with Crippen molar-refractivity contribution in [3.8, 4) is 11.4 Å². The molecule has 3 aromatic rings. The van der Waals surface area contributed by atoms with Crippen molar-refractivity contribution in [3.05, 3.63) is 71.4 Å². The first-order chi connectivity index (χ1) is 13.6. The summed E-state index contributed by atoms with van der Waals surface area (Å²) in [4.78, 5) is 23.4. The Morgan fingerprint density at radius 3 is 2.68 bits per heavy atom. The highest BCUT2D eigenvalue weighted by Crippen LogP contribution is 2.44. The lowest BCUT2D eigenvalue weighted by Gasteiger charge is -2.17. The van der Waals surface area contributed by atoms with Crippen LogP contribution in [0.5, 0.6) is 5.75 Å². The summed E-state index contributed by atoms with van der Waals surface area (Å²) in [5, 5.41) is 16.3. The first-order valence-corrected chi connectivity index (χ1v) is 9.59. The number of nitrogens with one attached hydrogen (secondary N) is 1. The zero-order valence-electron chi connectivity index (χ0n) is 15.0. The number of benzene rings is 2. The number of carbonyl (C=O) groups excluding carboxylic acids is 1. The normalized spacial score (nSPS) is 16.0. The summed E-state index contributed by atoms with van der Waals surface area (Å²) in [6.07, 6.45) is 1.73. The molecule has 0 fully saturated rings. The van der Waals surface area contributed by atoms with Crippen LogP contribution in [0.2, 0.25) is 0 Å². The highest BCUT2D eigenvalue weighted by atomic mass is 32.2. The van der Waals surface area contributed by atoms with Gasteiger partial charge >= 0.3 is 5.97 Å². The van der Waals surface area contributed by atoms with Crippen molar-refractivity contribution in [1.29, 1.82) is 0 Å². The predicted octanol–water partition coefficient (Wildman–Crippen LogP) is 3.35. The van der Waals surface area contributed by atoms with Crippen molar-refractivity contribution in [2.75, 3.05) is 18.2 Å². The second-order valence-electron chi connectivity index (χ2n) is 6.19. The van der Waals surface area contributed by atoms with Crippen molar-refractivity contribution in [2.24, 2.45) is 0 Å². The number of methoxy groups -OCH3 is 1. The van der Waals surface area contributed by atoms with E-state index in [1.165, 1.54) is 23.9 Å². The number of rotatable bonds is 4. The third-order valence-corrected chi connectivity index (χ3v) is 5.77. The number of hydrogen-bond donors (Lipinski definition) is 2. The maximum Gasteiger partial charge on any atom is 0.335 e. The standard InChI is InChI=1S/C20H17N3O4S/c1-27-16-5-3-2-4-14(16)18-15-10-21-23(19(15)22-17(24)11-28-18)13-8-6-12(7-9-13)20(25)26/h2-10,18H,11H2,1H3,(H,22,24)(H,25,26). The van der Waals surface area contributed by atoms with Crippen molar-refractivity contribution in [2.45, 2.75) is 5.25 Å². The van der Waals surface area contributed by atoms with Crippen LogP contribution in [-0.4, -0.2) is 39.6 Å². The van der Waals surface area contributed by atoms with Gasteiger partial charge in [-0.05, 0) is 30.3 Å². The summed E-state index contributed by atoms with van der Waals surface area (Å²) in [5.74, 6) is 0.516. The van der Waals surface area contributed by atoms with Crippen LogP contribution < -0.4 is 10.1 Å². The minimum atomic E-state index is -0.994. The molecule has 0 aliphatic carbocycles. The molecule has 2 heterocycles. The first kappa shape index (κ1) is 18.1. The highest BCUT2D eigenvalue weighted by molar-refractivity contribution is 8.00. The minimum Gasteiger partial charge on any atom is -0.496 e. The summed E-state index contributed by atoms with van der Waals surface area (Å²) in [6, 6.07) is 14.1. The number of amides is 1. The SMILES string of the molecule is COc1ccccc1C1SCC(=O)Nc2c1cnn2-c1ccc(C(=O)O)cc1. The fraction of sp³-hybridized carbons (Fsp3) is 0.150. The zero-order valence-corrected chi connectivity index (χ0v) is 15.8. The molecule has 1 amide bonds. The number of nitrogens with zero attached hydrogens (tertiary/aromatic N) is 2. The lowest BCUT2D eigenvalue weighted by atomic mass is 10.1. The van der Waals surface area contributed by atoms with Crippen LogP contribution in [0.15, 0.2) is 54.7 Å². The third-order valence-electron chi connectivity index (χ3n) is 4.50. The Kier molecular flexibility index (Phi) is 4.79. The molecule has 2 N–H and O–H groups in total. The van der Waals surface area contributed by atoms with E-state index in [0.717, 1.165) is 16.9 Å². The summed E-state index contributed by atoms with van der Waals surface area (Å²) in [5.41, 5.74) is 2.68. The van der Waals surface area contributed by atoms with Crippen LogP contribution in [0.3, 0.4) is 0 Å². The monoisotopic (exact) mass is 395 g/mol. The summed E-state index contributed by atoms with van der Waals surface area (Å²) in [7, 11) is 1.62. The first-order valence-electron chi connectivity index (χ1n) is 8.54. The van der Waals surface area contributed by atoms with E-state index in [2.05, 4.69) is 10.4 Å². The lowest BCUT2D eigenvalue weighted by molar-refractivity contribution is -0.113. The maximum atomic E-state index is 12.3. The average Bonchev–Trinajstić information content (AvgIpc) is 3.04. The number of aromatic nitrogens is 2. The number of thioether (sulfide) groups is 1. The molecule has 28 heavy (non-hydrogen) atoms. The van der Waals surface area contributed by atoms with Crippen LogP contribution >= 0.6 is 11.8 Å². The molecule has 7 nitrogen and oxygen atoms in total. The van der Waals surface area contributed by atoms with E-state index < -0.39 is 5.97 Å². The van der Waals surface area contributed by atoms with Crippen LogP contribution in [0, 0.1) is 0 Å². The predicted molar refractivity (Wildman–Crippen MR) is 106 cm³/mol. The van der Waals surface area contributed by atoms with Crippen molar-refractivity contribution in [1.82, 2.24) is 9.78 Å². The Morgan fingerprint density at radius 2 is 1.96 bits per heavy atom.